The van der Waals surface area contributed by atoms with Gasteiger partial charge in [0, 0.05) is 12.1 Å². The van der Waals surface area contributed by atoms with E-state index in [1.165, 1.54) is 12.1 Å². The SMILES string of the molecule is N[C](Cc1ccc([N+](=O)[O-])cc1)c1ccccc1. The van der Waals surface area contributed by atoms with Gasteiger partial charge >= 0.3 is 0 Å². The second-order valence-electron chi connectivity index (χ2n) is 3.99. The molecule has 4 heteroatoms. The fourth-order valence-corrected chi connectivity index (χ4v) is 1.71. The van der Waals surface area contributed by atoms with Crippen LogP contribution in [0.3, 0.4) is 0 Å². The van der Waals surface area contributed by atoms with Gasteiger partial charge in [0.05, 0.1) is 11.0 Å². The van der Waals surface area contributed by atoms with E-state index in [2.05, 4.69) is 0 Å². The van der Waals surface area contributed by atoms with Crippen molar-refractivity contribution < 1.29 is 4.92 Å². The van der Waals surface area contributed by atoms with E-state index >= 15 is 0 Å². The lowest BCUT2D eigenvalue weighted by molar-refractivity contribution is -0.384. The number of rotatable bonds is 4. The molecule has 0 saturated heterocycles. The molecule has 0 spiro atoms. The largest absolute Gasteiger partial charge is 0.319 e. The molecule has 2 aromatic carbocycles. The molecule has 0 unspecified atom stereocenters. The number of hydrogen-bond donors (Lipinski definition) is 1. The van der Waals surface area contributed by atoms with E-state index in [0.717, 1.165) is 17.2 Å². The first-order valence-electron chi connectivity index (χ1n) is 5.57. The Morgan fingerprint density at radius 2 is 1.67 bits per heavy atom. The molecule has 0 fully saturated rings. The van der Waals surface area contributed by atoms with Crippen molar-refractivity contribution in [3.8, 4) is 0 Å². The highest BCUT2D eigenvalue weighted by Gasteiger charge is 2.09. The molecule has 1 radical (unpaired) electrons. The minimum Gasteiger partial charge on any atom is -0.319 e. The van der Waals surface area contributed by atoms with Gasteiger partial charge in [-0.15, -0.1) is 0 Å². The highest BCUT2D eigenvalue weighted by molar-refractivity contribution is 5.37. The van der Waals surface area contributed by atoms with Crippen molar-refractivity contribution in [1.82, 2.24) is 0 Å². The molecule has 0 heterocycles. The number of non-ortho nitro benzene ring substituents is 1. The Balaban J connectivity index is 2.08. The van der Waals surface area contributed by atoms with Crippen molar-refractivity contribution >= 4 is 5.69 Å². The Bertz CT molecular complexity index is 523. The maximum Gasteiger partial charge on any atom is 0.269 e. The van der Waals surface area contributed by atoms with Crippen LogP contribution in [0.25, 0.3) is 0 Å². The summed E-state index contributed by atoms with van der Waals surface area (Å²) in [4.78, 5) is 10.1. The molecule has 2 N–H and O–H groups in total. The van der Waals surface area contributed by atoms with E-state index in [-0.39, 0.29) is 5.69 Å². The van der Waals surface area contributed by atoms with Gasteiger partial charge in [-0.05, 0) is 17.5 Å². The number of nitro benzene ring substituents is 1. The van der Waals surface area contributed by atoms with Gasteiger partial charge in [0.2, 0.25) is 0 Å². The summed E-state index contributed by atoms with van der Waals surface area (Å²) in [5.41, 5.74) is 8.04. The Morgan fingerprint density at radius 3 is 2.22 bits per heavy atom. The van der Waals surface area contributed by atoms with E-state index < -0.39 is 4.92 Å². The summed E-state index contributed by atoms with van der Waals surface area (Å²) < 4.78 is 0. The highest BCUT2D eigenvalue weighted by Crippen LogP contribution is 2.17. The lowest BCUT2D eigenvalue weighted by atomic mass is 10.00. The lowest BCUT2D eigenvalue weighted by Gasteiger charge is -2.10. The Labute approximate surface area is 105 Å². The number of nitro groups is 1. The van der Waals surface area contributed by atoms with Gasteiger partial charge < -0.3 is 5.73 Å². The zero-order valence-electron chi connectivity index (χ0n) is 9.74. The van der Waals surface area contributed by atoms with Crippen molar-refractivity contribution in [2.75, 3.05) is 0 Å². The van der Waals surface area contributed by atoms with Crippen LogP contribution < -0.4 is 5.73 Å². The topological polar surface area (TPSA) is 69.2 Å². The number of nitrogens with two attached hydrogens (primary N) is 1. The normalized spacial score (nSPS) is 10.6. The Kier molecular flexibility index (Phi) is 3.69. The second-order valence-corrected chi connectivity index (χ2v) is 3.99. The van der Waals surface area contributed by atoms with Gasteiger partial charge in [-0.1, -0.05) is 42.5 Å². The molecule has 0 atom stereocenters. The summed E-state index contributed by atoms with van der Waals surface area (Å²) in [7, 11) is 0. The van der Waals surface area contributed by atoms with E-state index in [1.807, 2.05) is 30.3 Å². The number of hydrogen-bond acceptors (Lipinski definition) is 3. The second kappa shape index (κ2) is 5.42. The van der Waals surface area contributed by atoms with Crippen LogP contribution in [-0.4, -0.2) is 4.92 Å². The van der Waals surface area contributed by atoms with Crippen molar-refractivity contribution in [2.45, 2.75) is 6.42 Å². The molecule has 91 valence electrons. The minimum atomic E-state index is -0.409. The molecule has 2 aromatic rings. The lowest BCUT2D eigenvalue weighted by Crippen LogP contribution is -2.14. The molecule has 4 nitrogen and oxygen atoms in total. The Hall–Kier alpha value is -2.20. The summed E-state index contributed by atoms with van der Waals surface area (Å²) >= 11 is 0. The van der Waals surface area contributed by atoms with Gasteiger partial charge in [-0.3, -0.25) is 10.1 Å². The summed E-state index contributed by atoms with van der Waals surface area (Å²) in [5, 5.41) is 10.5. The maximum absolute atomic E-state index is 10.5. The fraction of sp³-hybridized carbons (Fsp3) is 0.0714. The maximum atomic E-state index is 10.5. The first-order chi connectivity index (χ1) is 8.66. The van der Waals surface area contributed by atoms with Crippen LogP contribution in [0.15, 0.2) is 54.6 Å². The molecule has 2 rings (SSSR count). The van der Waals surface area contributed by atoms with Crippen molar-refractivity contribution in [1.29, 1.82) is 0 Å². The molecule has 0 aliphatic heterocycles. The molecule has 18 heavy (non-hydrogen) atoms. The third-order valence-electron chi connectivity index (χ3n) is 2.69. The standard InChI is InChI=1S/C14H13N2O2/c15-14(12-4-2-1-3-5-12)10-11-6-8-13(9-7-11)16(17)18/h1-9H,10,15H2. The van der Waals surface area contributed by atoms with E-state index in [4.69, 9.17) is 5.73 Å². The van der Waals surface area contributed by atoms with Crippen molar-refractivity contribution in [3.63, 3.8) is 0 Å². The summed E-state index contributed by atoms with van der Waals surface area (Å²) in [6, 6.07) is 16.9. The fourth-order valence-electron chi connectivity index (χ4n) is 1.71. The molecular weight excluding hydrogens is 228 g/mol. The van der Waals surface area contributed by atoms with E-state index in [0.29, 0.717) is 6.42 Å². The first kappa shape index (κ1) is 12.3. The third-order valence-corrected chi connectivity index (χ3v) is 2.69. The van der Waals surface area contributed by atoms with Crippen LogP contribution in [0.5, 0.6) is 0 Å². The zero-order chi connectivity index (χ0) is 13.0. The summed E-state index contributed by atoms with van der Waals surface area (Å²) in [5.74, 6) is 0. The average molecular weight is 241 g/mol. The quantitative estimate of drug-likeness (QED) is 0.660. The minimum absolute atomic E-state index is 0.0945. The molecule has 0 saturated carbocycles. The first-order valence-corrected chi connectivity index (χ1v) is 5.57. The molecule has 0 aliphatic rings. The summed E-state index contributed by atoms with van der Waals surface area (Å²) in [6.45, 7) is 0. The number of benzene rings is 2. The van der Waals surface area contributed by atoms with Crippen LogP contribution in [-0.2, 0) is 6.42 Å². The van der Waals surface area contributed by atoms with Crippen LogP contribution in [0.1, 0.15) is 11.1 Å². The van der Waals surface area contributed by atoms with Gasteiger partial charge in [-0.2, -0.15) is 0 Å². The Morgan fingerprint density at radius 1 is 1.06 bits per heavy atom. The predicted octanol–water partition coefficient (Wildman–Crippen LogP) is 2.68. The smallest absolute Gasteiger partial charge is 0.269 e. The monoisotopic (exact) mass is 241 g/mol. The molecule has 0 aliphatic carbocycles. The van der Waals surface area contributed by atoms with Gasteiger partial charge in [0.1, 0.15) is 0 Å². The van der Waals surface area contributed by atoms with Crippen LogP contribution in [0.4, 0.5) is 5.69 Å². The van der Waals surface area contributed by atoms with E-state index in [9.17, 15) is 10.1 Å². The predicted molar refractivity (Wildman–Crippen MR) is 69.8 cm³/mol. The third kappa shape index (κ3) is 2.93. The number of nitrogens with zero attached hydrogens (tertiary/aromatic N) is 1. The average Bonchev–Trinajstić information content (AvgIpc) is 2.40. The molecule has 0 aromatic heterocycles. The highest BCUT2D eigenvalue weighted by atomic mass is 16.6. The van der Waals surface area contributed by atoms with Gasteiger partial charge in [0.15, 0.2) is 0 Å². The van der Waals surface area contributed by atoms with E-state index in [1.54, 1.807) is 12.1 Å². The van der Waals surface area contributed by atoms with Crippen molar-refractivity contribution in [3.05, 3.63) is 81.9 Å². The van der Waals surface area contributed by atoms with Crippen LogP contribution in [0, 0.1) is 16.2 Å². The molecule has 0 amide bonds. The van der Waals surface area contributed by atoms with Gasteiger partial charge in [-0.25, -0.2) is 0 Å². The molecule has 0 bridgehead atoms. The van der Waals surface area contributed by atoms with Gasteiger partial charge in [0.25, 0.3) is 5.69 Å². The van der Waals surface area contributed by atoms with Crippen molar-refractivity contribution in [2.24, 2.45) is 5.73 Å². The van der Waals surface area contributed by atoms with Crippen LogP contribution >= 0.6 is 0 Å². The summed E-state index contributed by atoms with van der Waals surface area (Å²) in [6.07, 6.45) is 0.585. The molecular formula is C14H13N2O2. The zero-order valence-corrected chi connectivity index (χ0v) is 9.74. The van der Waals surface area contributed by atoms with Crippen LogP contribution in [0.2, 0.25) is 0 Å².